The number of ether oxygens (including phenoxy) is 1. The number of hydrogen-bond donors (Lipinski definition) is 0. The van der Waals surface area contributed by atoms with Gasteiger partial charge in [0.2, 0.25) is 5.88 Å². The highest BCUT2D eigenvalue weighted by atomic mass is 16.5. The maximum atomic E-state index is 5.71. The van der Waals surface area contributed by atoms with Gasteiger partial charge in [0.05, 0.1) is 5.35 Å². The van der Waals surface area contributed by atoms with Crippen molar-refractivity contribution >= 4 is 13.2 Å². The van der Waals surface area contributed by atoms with E-state index < -0.39 is 0 Å². The van der Waals surface area contributed by atoms with E-state index in [9.17, 15) is 0 Å². The van der Waals surface area contributed by atoms with Crippen molar-refractivity contribution < 1.29 is 4.74 Å². The zero-order chi connectivity index (χ0) is 13.5. The Morgan fingerprint density at radius 1 is 0.737 bits per heavy atom. The van der Waals surface area contributed by atoms with Crippen molar-refractivity contribution in [3.8, 4) is 11.6 Å². The van der Waals surface area contributed by atoms with Gasteiger partial charge in [0.15, 0.2) is 0 Å². The molecule has 0 amide bonds. The van der Waals surface area contributed by atoms with Crippen molar-refractivity contribution in [3.63, 3.8) is 0 Å². The number of benzene rings is 1. The van der Waals surface area contributed by atoms with Gasteiger partial charge in [0.1, 0.15) is 5.75 Å². The summed E-state index contributed by atoms with van der Waals surface area (Å²) in [4.78, 5) is 4.32. The van der Waals surface area contributed by atoms with E-state index >= 15 is 0 Å². The lowest BCUT2D eigenvalue weighted by Gasteiger charge is -2.02. The standard InChI is InChI=1S/C17H15NO/c1-14-8-6-7-9-15(2)18-17(13-12-14)19-16-10-4-3-5-11-16/h3-13H,1-2H2. The molecule has 2 aromatic rings. The van der Waals surface area contributed by atoms with Crippen LogP contribution in [0.3, 0.4) is 0 Å². The highest BCUT2D eigenvalue weighted by Gasteiger charge is 1.94. The van der Waals surface area contributed by atoms with Crippen molar-refractivity contribution in [3.05, 3.63) is 77.3 Å². The van der Waals surface area contributed by atoms with Crippen LogP contribution in [0.25, 0.3) is 13.2 Å². The fourth-order valence-electron chi connectivity index (χ4n) is 1.46. The van der Waals surface area contributed by atoms with Crippen molar-refractivity contribution in [1.82, 2.24) is 4.98 Å². The van der Waals surface area contributed by atoms with E-state index in [4.69, 9.17) is 4.74 Å². The van der Waals surface area contributed by atoms with Gasteiger partial charge in [-0.2, -0.15) is 0 Å². The molecule has 0 N–H and O–H groups in total. The molecule has 1 heterocycles. The number of rotatable bonds is 2. The molecule has 0 fully saturated rings. The third-order valence-corrected chi connectivity index (χ3v) is 2.37. The summed E-state index contributed by atoms with van der Waals surface area (Å²) in [6.07, 6.45) is 0. The SMILES string of the molecule is C=c1ccccc(=C)nc(Oc2ccccc2)cc1. The summed E-state index contributed by atoms with van der Waals surface area (Å²) in [5, 5.41) is 1.51. The largest absolute Gasteiger partial charge is 0.439 e. The predicted octanol–water partition coefficient (Wildman–Crippen LogP) is 2.82. The monoisotopic (exact) mass is 249 g/mol. The van der Waals surface area contributed by atoms with Gasteiger partial charge in [0.25, 0.3) is 0 Å². The topological polar surface area (TPSA) is 22.1 Å². The van der Waals surface area contributed by atoms with E-state index in [0.717, 1.165) is 11.0 Å². The first kappa shape index (κ1) is 12.8. The second-order valence-corrected chi connectivity index (χ2v) is 3.98. The lowest BCUT2D eigenvalue weighted by Crippen LogP contribution is -2.02. The van der Waals surface area contributed by atoms with Crippen LogP contribution in [-0.2, 0) is 0 Å². The van der Waals surface area contributed by atoms with Gasteiger partial charge in [-0.15, -0.1) is 0 Å². The Kier molecular flexibility index (Phi) is 4.29. The second-order valence-electron chi connectivity index (χ2n) is 3.98. The van der Waals surface area contributed by atoms with E-state index in [1.165, 1.54) is 0 Å². The smallest absolute Gasteiger partial charge is 0.219 e. The van der Waals surface area contributed by atoms with E-state index in [2.05, 4.69) is 18.1 Å². The van der Waals surface area contributed by atoms with Crippen molar-refractivity contribution in [2.75, 3.05) is 0 Å². The summed E-state index contributed by atoms with van der Waals surface area (Å²) in [6.45, 7) is 7.76. The van der Waals surface area contributed by atoms with Crippen LogP contribution < -0.4 is 15.3 Å². The fourth-order valence-corrected chi connectivity index (χ4v) is 1.46. The molecule has 0 aliphatic heterocycles. The summed E-state index contributed by atoms with van der Waals surface area (Å²) >= 11 is 0. The number of aromatic nitrogens is 1. The first-order valence-corrected chi connectivity index (χ1v) is 5.96. The van der Waals surface area contributed by atoms with Crippen LogP contribution in [0.4, 0.5) is 0 Å². The fraction of sp³-hybridized carbons (Fsp3) is 0. The summed E-state index contributed by atoms with van der Waals surface area (Å²) in [7, 11) is 0. The van der Waals surface area contributed by atoms with Gasteiger partial charge in [-0.25, -0.2) is 4.98 Å². The molecule has 0 spiro atoms. The Bertz CT molecular complexity index is 694. The van der Waals surface area contributed by atoms with Crippen LogP contribution in [0.1, 0.15) is 0 Å². The van der Waals surface area contributed by atoms with E-state index in [1.54, 1.807) is 6.07 Å². The molecule has 0 radical (unpaired) electrons. The van der Waals surface area contributed by atoms with Gasteiger partial charge in [-0.3, -0.25) is 0 Å². The van der Waals surface area contributed by atoms with Crippen LogP contribution in [-0.4, -0.2) is 4.98 Å². The first-order chi connectivity index (χ1) is 9.24. The minimum Gasteiger partial charge on any atom is -0.439 e. The lowest BCUT2D eigenvalue weighted by molar-refractivity contribution is 0.462. The van der Waals surface area contributed by atoms with Gasteiger partial charge in [-0.1, -0.05) is 55.6 Å². The molecule has 2 rings (SSSR count). The maximum absolute atomic E-state index is 5.71. The third kappa shape index (κ3) is 4.28. The van der Waals surface area contributed by atoms with Gasteiger partial charge >= 0.3 is 0 Å². The van der Waals surface area contributed by atoms with Crippen LogP contribution in [0.2, 0.25) is 0 Å². The molecule has 0 aliphatic carbocycles. The Labute approximate surface area is 112 Å². The van der Waals surface area contributed by atoms with E-state index in [1.807, 2.05) is 60.7 Å². The molecule has 1 aromatic heterocycles. The Hall–Kier alpha value is -2.61. The molecule has 0 bridgehead atoms. The zero-order valence-corrected chi connectivity index (χ0v) is 10.6. The number of hydrogen-bond acceptors (Lipinski definition) is 2. The molecule has 19 heavy (non-hydrogen) atoms. The number of nitrogens with zero attached hydrogens (tertiary/aromatic N) is 1. The Morgan fingerprint density at radius 3 is 2.21 bits per heavy atom. The normalized spacial score (nSPS) is 9.47. The van der Waals surface area contributed by atoms with Crippen molar-refractivity contribution in [2.24, 2.45) is 0 Å². The van der Waals surface area contributed by atoms with Crippen LogP contribution in [0.5, 0.6) is 11.6 Å². The molecule has 0 unspecified atom stereocenters. The Morgan fingerprint density at radius 2 is 1.42 bits per heavy atom. The van der Waals surface area contributed by atoms with Crippen molar-refractivity contribution in [1.29, 1.82) is 0 Å². The molecule has 2 nitrogen and oxygen atoms in total. The third-order valence-electron chi connectivity index (χ3n) is 2.37. The van der Waals surface area contributed by atoms with Gasteiger partial charge < -0.3 is 4.74 Å². The molecular formula is C17H15NO. The van der Waals surface area contributed by atoms with Crippen molar-refractivity contribution in [2.45, 2.75) is 0 Å². The average Bonchev–Trinajstić information content (AvgIpc) is 2.42. The van der Waals surface area contributed by atoms with E-state index in [0.29, 0.717) is 11.2 Å². The quantitative estimate of drug-likeness (QED) is 0.816. The molecule has 0 atom stereocenters. The molecule has 0 saturated heterocycles. The second kappa shape index (κ2) is 6.36. The maximum Gasteiger partial charge on any atom is 0.219 e. The predicted molar refractivity (Wildman–Crippen MR) is 78.7 cm³/mol. The van der Waals surface area contributed by atoms with Gasteiger partial charge in [-0.05, 0) is 23.4 Å². The first-order valence-electron chi connectivity index (χ1n) is 5.96. The summed E-state index contributed by atoms with van der Waals surface area (Å²) < 4.78 is 5.71. The highest BCUT2D eigenvalue weighted by Crippen LogP contribution is 2.15. The van der Waals surface area contributed by atoms with Crippen LogP contribution in [0.15, 0.2) is 66.7 Å². The average molecular weight is 249 g/mol. The summed E-state index contributed by atoms with van der Waals surface area (Å²) in [5.41, 5.74) is 0. The minimum atomic E-state index is 0.484. The molecular weight excluding hydrogens is 234 g/mol. The molecule has 2 heteroatoms. The summed E-state index contributed by atoms with van der Waals surface area (Å²) in [6, 6.07) is 20.6. The zero-order valence-electron chi connectivity index (χ0n) is 10.6. The minimum absolute atomic E-state index is 0.484. The van der Waals surface area contributed by atoms with E-state index in [-0.39, 0.29) is 0 Å². The number of para-hydroxylation sites is 1. The molecule has 0 saturated carbocycles. The van der Waals surface area contributed by atoms with Crippen LogP contribution in [0, 0.1) is 0 Å². The lowest BCUT2D eigenvalue weighted by atomic mass is 10.3. The van der Waals surface area contributed by atoms with Crippen LogP contribution >= 0.6 is 0 Å². The Balaban J connectivity index is 2.47. The highest BCUT2D eigenvalue weighted by molar-refractivity contribution is 5.26. The molecule has 94 valence electrons. The van der Waals surface area contributed by atoms with Gasteiger partial charge in [0, 0.05) is 6.07 Å². The molecule has 1 aromatic carbocycles. The molecule has 0 aliphatic rings. The summed E-state index contributed by atoms with van der Waals surface area (Å²) in [5.74, 6) is 1.22.